The second-order valence-corrected chi connectivity index (χ2v) is 1.66. The van der Waals surface area contributed by atoms with Gasteiger partial charge in [0.1, 0.15) is 5.94 Å². The maximum absolute atomic E-state index is 9.55. The standard InChI is InChI=1S/C7H9NO/c8-6-4-2-1-3-5-7-9/h8H,1-4H2. The highest BCUT2D eigenvalue weighted by Crippen LogP contribution is 1.95. The van der Waals surface area contributed by atoms with E-state index >= 15 is 0 Å². The Balaban J connectivity index is 2.90. The normalized spacial score (nSPS) is 8.00. The summed E-state index contributed by atoms with van der Waals surface area (Å²) in [7, 11) is 0. The molecule has 0 aliphatic rings. The number of unbranched alkanes of at least 4 members (excludes halogenated alkanes) is 3. The third kappa shape index (κ3) is 7.12. The van der Waals surface area contributed by atoms with Gasteiger partial charge in [0, 0.05) is 0 Å². The lowest BCUT2D eigenvalue weighted by molar-refractivity contribution is 0.566. The number of nitrogens with one attached hydrogen (secondary N) is 1. The monoisotopic (exact) mass is 123 g/mol. The first-order valence-electron chi connectivity index (χ1n) is 2.91. The lowest BCUT2D eigenvalue weighted by Gasteiger charge is -1.86. The molecule has 0 bridgehead atoms. The van der Waals surface area contributed by atoms with Gasteiger partial charge in [0.15, 0.2) is 0 Å². The van der Waals surface area contributed by atoms with Crippen molar-refractivity contribution in [1.29, 1.82) is 5.41 Å². The van der Waals surface area contributed by atoms with Crippen molar-refractivity contribution in [2.24, 2.45) is 0 Å². The fraction of sp³-hybridized carbons (Fsp3) is 0.571. The number of rotatable bonds is 5. The van der Waals surface area contributed by atoms with E-state index < -0.39 is 0 Å². The second kappa shape index (κ2) is 7.12. The van der Waals surface area contributed by atoms with Crippen LogP contribution in [-0.4, -0.2) is 12.2 Å². The highest BCUT2D eigenvalue weighted by Gasteiger charge is 1.82. The van der Waals surface area contributed by atoms with Gasteiger partial charge in [0.2, 0.25) is 0 Å². The molecule has 0 aromatic heterocycles. The fourth-order valence-electron chi connectivity index (χ4n) is 0.478. The highest BCUT2D eigenvalue weighted by molar-refractivity contribution is 5.52. The van der Waals surface area contributed by atoms with Crippen molar-refractivity contribution in [2.75, 3.05) is 0 Å². The first-order valence-corrected chi connectivity index (χ1v) is 2.91. The van der Waals surface area contributed by atoms with Crippen LogP contribution in [-0.2, 0) is 4.79 Å². The third-order valence-corrected chi connectivity index (χ3v) is 0.926. The zero-order valence-corrected chi connectivity index (χ0v) is 5.24. The van der Waals surface area contributed by atoms with Crippen LogP contribution in [0, 0.1) is 11.5 Å². The zero-order chi connectivity index (χ0) is 6.95. The zero-order valence-electron chi connectivity index (χ0n) is 5.24. The van der Waals surface area contributed by atoms with E-state index in [4.69, 9.17) is 5.41 Å². The van der Waals surface area contributed by atoms with Gasteiger partial charge in [-0.3, -0.25) is 0 Å². The lowest BCUT2D eigenvalue weighted by Crippen LogP contribution is -1.75. The Hall–Kier alpha value is -0.880. The molecule has 0 atom stereocenters. The summed E-state index contributed by atoms with van der Waals surface area (Å²) in [6, 6.07) is 0. The number of hydrogen-bond donors (Lipinski definition) is 1. The molecule has 0 heterocycles. The molecule has 1 N–H and O–H groups in total. The van der Waals surface area contributed by atoms with Crippen molar-refractivity contribution < 1.29 is 4.79 Å². The molecule has 48 valence electrons. The Kier molecular flexibility index (Phi) is 6.42. The minimum atomic E-state index is 0.658. The van der Waals surface area contributed by atoms with E-state index in [0.717, 1.165) is 12.8 Å². The van der Waals surface area contributed by atoms with E-state index in [1.54, 1.807) is 5.94 Å². The van der Waals surface area contributed by atoms with Crippen molar-refractivity contribution in [3.63, 3.8) is 0 Å². The van der Waals surface area contributed by atoms with Crippen molar-refractivity contribution in [3.05, 3.63) is 6.08 Å². The largest absolute Gasteiger partial charge is 0.303 e. The average molecular weight is 123 g/mol. The summed E-state index contributed by atoms with van der Waals surface area (Å²) in [5, 5.41) is 6.54. The molecular formula is C7H9NO. The van der Waals surface area contributed by atoms with Crippen LogP contribution in [0.5, 0.6) is 0 Å². The van der Waals surface area contributed by atoms with Crippen LogP contribution in [0.2, 0.25) is 0 Å². The van der Waals surface area contributed by atoms with E-state index in [1.165, 1.54) is 0 Å². The van der Waals surface area contributed by atoms with Gasteiger partial charge in [-0.1, -0.05) is 0 Å². The summed E-state index contributed by atoms with van der Waals surface area (Å²) < 4.78 is 0. The minimum Gasteiger partial charge on any atom is -0.303 e. The van der Waals surface area contributed by atoms with Crippen LogP contribution < -0.4 is 0 Å². The molecular weight excluding hydrogens is 114 g/mol. The molecule has 0 amide bonds. The van der Waals surface area contributed by atoms with Gasteiger partial charge in [-0.05, 0) is 25.7 Å². The molecule has 0 rings (SSSR count). The van der Waals surface area contributed by atoms with E-state index in [-0.39, 0.29) is 0 Å². The smallest absolute Gasteiger partial charge is 0.128 e. The topological polar surface area (TPSA) is 40.9 Å². The van der Waals surface area contributed by atoms with Crippen LogP contribution in [0.15, 0.2) is 0 Å². The van der Waals surface area contributed by atoms with Gasteiger partial charge < -0.3 is 5.41 Å². The quantitative estimate of drug-likeness (QED) is 0.334. The van der Waals surface area contributed by atoms with E-state index in [1.807, 2.05) is 0 Å². The maximum atomic E-state index is 9.55. The predicted octanol–water partition coefficient (Wildman–Crippen LogP) is 1.26. The van der Waals surface area contributed by atoms with Crippen molar-refractivity contribution in [2.45, 2.75) is 25.7 Å². The molecule has 0 fully saturated rings. The lowest BCUT2D eigenvalue weighted by atomic mass is 10.2. The molecule has 0 saturated carbocycles. The maximum Gasteiger partial charge on any atom is 0.128 e. The Bertz CT molecular complexity index is 114. The van der Waals surface area contributed by atoms with Crippen LogP contribution >= 0.6 is 0 Å². The van der Waals surface area contributed by atoms with Gasteiger partial charge in [-0.25, -0.2) is 4.79 Å². The Morgan fingerprint density at radius 1 is 1.22 bits per heavy atom. The Morgan fingerprint density at radius 2 is 1.89 bits per heavy atom. The van der Waals surface area contributed by atoms with E-state index in [2.05, 4.69) is 12.3 Å². The van der Waals surface area contributed by atoms with Gasteiger partial charge in [-0.2, -0.15) is 0 Å². The third-order valence-electron chi connectivity index (χ3n) is 0.926. The molecule has 0 spiro atoms. The van der Waals surface area contributed by atoms with Crippen LogP contribution in [0.25, 0.3) is 0 Å². The first-order chi connectivity index (χ1) is 4.41. The molecule has 0 saturated heterocycles. The molecule has 0 aliphatic carbocycles. The fourth-order valence-corrected chi connectivity index (χ4v) is 0.478. The molecule has 0 unspecified atom stereocenters. The molecule has 0 aliphatic heterocycles. The summed E-state index contributed by atoms with van der Waals surface area (Å²) in [6.45, 7) is 0. The van der Waals surface area contributed by atoms with E-state index in [0.29, 0.717) is 12.8 Å². The highest BCUT2D eigenvalue weighted by atomic mass is 16.1. The average Bonchev–Trinajstić information content (AvgIpc) is 1.89. The molecule has 0 aromatic rings. The molecule has 2 heteroatoms. The van der Waals surface area contributed by atoms with Gasteiger partial charge in [0.05, 0.1) is 12.3 Å². The summed E-state index contributed by atoms with van der Waals surface area (Å²) in [6.07, 6.45) is 7.84. The van der Waals surface area contributed by atoms with Crippen LogP contribution in [0.4, 0.5) is 0 Å². The van der Waals surface area contributed by atoms with Crippen LogP contribution in [0.3, 0.4) is 0 Å². The summed E-state index contributed by atoms with van der Waals surface area (Å²) in [4.78, 5) is 9.55. The summed E-state index contributed by atoms with van der Waals surface area (Å²) in [5.41, 5.74) is 0. The number of carbonyl (C=O) groups excluding carboxylic acids is 1. The number of hydrogen-bond acceptors (Lipinski definition) is 2. The Labute approximate surface area is 55.1 Å². The minimum absolute atomic E-state index is 0.658. The second-order valence-electron chi connectivity index (χ2n) is 1.66. The van der Waals surface area contributed by atoms with Crippen molar-refractivity contribution in [1.82, 2.24) is 0 Å². The number of allylic oxidation sites excluding steroid dienone is 1. The summed E-state index contributed by atoms with van der Waals surface area (Å²) >= 11 is 0. The molecule has 2 nitrogen and oxygen atoms in total. The van der Waals surface area contributed by atoms with Crippen LogP contribution in [0.1, 0.15) is 25.7 Å². The molecule has 9 heavy (non-hydrogen) atoms. The predicted molar refractivity (Wildman–Crippen MR) is 35.1 cm³/mol. The van der Waals surface area contributed by atoms with Crippen molar-refractivity contribution >= 4 is 12.2 Å². The molecule has 0 aromatic carbocycles. The summed E-state index contributed by atoms with van der Waals surface area (Å²) in [5.74, 6) is 1.58. The molecule has 2 radical (unpaired) electrons. The van der Waals surface area contributed by atoms with Crippen molar-refractivity contribution in [3.8, 4) is 0 Å². The van der Waals surface area contributed by atoms with Gasteiger partial charge in [-0.15, -0.1) is 0 Å². The Morgan fingerprint density at radius 3 is 2.44 bits per heavy atom. The van der Waals surface area contributed by atoms with E-state index in [9.17, 15) is 4.79 Å². The van der Waals surface area contributed by atoms with Gasteiger partial charge >= 0.3 is 0 Å². The SMILES string of the molecule is N=[C]CCCC[C]=C=O. The first kappa shape index (κ1) is 8.12. The van der Waals surface area contributed by atoms with Gasteiger partial charge in [0.25, 0.3) is 0 Å².